The number of carbonyl (C=O) groups excluding carboxylic acids is 1. The molecule has 0 saturated carbocycles. The number of carboxylic acids is 1. The first-order valence-corrected chi connectivity index (χ1v) is 9.00. The molecule has 0 aliphatic carbocycles. The van der Waals surface area contributed by atoms with E-state index in [4.69, 9.17) is 5.11 Å². The van der Waals surface area contributed by atoms with Crippen molar-refractivity contribution in [1.82, 2.24) is 10.2 Å². The third-order valence-electron chi connectivity index (χ3n) is 3.44. The van der Waals surface area contributed by atoms with Gasteiger partial charge in [0.2, 0.25) is 0 Å². The largest absolute Gasteiger partial charge is 0.481 e. The van der Waals surface area contributed by atoms with Gasteiger partial charge in [-0.25, -0.2) is 13.2 Å². The van der Waals surface area contributed by atoms with E-state index in [0.717, 1.165) is 12.8 Å². The van der Waals surface area contributed by atoms with Crippen LogP contribution in [0.2, 0.25) is 0 Å². The van der Waals surface area contributed by atoms with Crippen molar-refractivity contribution < 1.29 is 23.1 Å². The van der Waals surface area contributed by atoms with Gasteiger partial charge in [-0.2, -0.15) is 0 Å². The fourth-order valence-electron chi connectivity index (χ4n) is 2.33. The van der Waals surface area contributed by atoms with Crippen LogP contribution < -0.4 is 5.32 Å². The predicted molar refractivity (Wildman–Crippen MR) is 78.9 cm³/mol. The number of sulfone groups is 1. The third kappa shape index (κ3) is 6.33. The van der Waals surface area contributed by atoms with Gasteiger partial charge in [-0.3, -0.25) is 4.79 Å². The fraction of sp³-hybridized carbons (Fsp3) is 0.846. The van der Waals surface area contributed by atoms with E-state index in [1.54, 1.807) is 0 Å². The number of aliphatic carboxylic acids is 1. The fourth-order valence-corrected chi connectivity index (χ4v) is 3.86. The van der Waals surface area contributed by atoms with E-state index < -0.39 is 21.8 Å². The molecule has 1 atom stereocenters. The van der Waals surface area contributed by atoms with Crippen LogP contribution in [-0.2, 0) is 14.6 Å². The number of hydrogen-bond donors (Lipinski definition) is 2. The molecule has 1 fully saturated rings. The van der Waals surface area contributed by atoms with Crippen LogP contribution in [0.3, 0.4) is 0 Å². The first-order chi connectivity index (χ1) is 9.71. The highest BCUT2D eigenvalue weighted by atomic mass is 32.2. The van der Waals surface area contributed by atoms with E-state index in [1.165, 1.54) is 4.90 Å². The standard InChI is InChI=1S/C13H24N2O5S/c1-10(2)4-3-5-14-13(18)15-6-7-21(19,20)9-11(15)8-12(16)17/h10-11H,3-9H2,1-2H3,(H,14,18)(H,16,17). The molecule has 0 bridgehead atoms. The van der Waals surface area contributed by atoms with Crippen molar-refractivity contribution in [3.8, 4) is 0 Å². The summed E-state index contributed by atoms with van der Waals surface area (Å²) in [7, 11) is -3.27. The lowest BCUT2D eigenvalue weighted by atomic mass is 10.1. The number of carboxylic acid groups (broad SMARTS) is 1. The van der Waals surface area contributed by atoms with Crippen LogP contribution in [0.5, 0.6) is 0 Å². The predicted octanol–water partition coefficient (Wildman–Crippen LogP) is 0.706. The summed E-state index contributed by atoms with van der Waals surface area (Å²) in [5.74, 6) is -0.933. The van der Waals surface area contributed by atoms with E-state index in [2.05, 4.69) is 19.2 Å². The smallest absolute Gasteiger partial charge is 0.317 e. The Morgan fingerprint density at radius 1 is 1.38 bits per heavy atom. The van der Waals surface area contributed by atoms with Gasteiger partial charge in [-0.05, 0) is 18.8 Å². The van der Waals surface area contributed by atoms with Gasteiger partial charge >= 0.3 is 12.0 Å². The summed E-state index contributed by atoms with van der Waals surface area (Å²) >= 11 is 0. The van der Waals surface area contributed by atoms with Crippen molar-refractivity contribution in [2.24, 2.45) is 5.92 Å². The molecular formula is C13H24N2O5S. The van der Waals surface area contributed by atoms with Crippen molar-refractivity contribution >= 4 is 21.8 Å². The Bertz CT molecular complexity index is 475. The molecule has 2 amide bonds. The Balaban J connectivity index is 2.56. The molecule has 8 heteroatoms. The Morgan fingerprint density at radius 2 is 2.05 bits per heavy atom. The van der Waals surface area contributed by atoms with Crippen molar-refractivity contribution in [2.75, 3.05) is 24.6 Å². The van der Waals surface area contributed by atoms with Crippen molar-refractivity contribution in [3.05, 3.63) is 0 Å². The summed E-state index contributed by atoms with van der Waals surface area (Å²) < 4.78 is 23.2. The molecule has 122 valence electrons. The van der Waals surface area contributed by atoms with Gasteiger partial charge in [0.25, 0.3) is 0 Å². The summed E-state index contributed by atoms with van der Waals surface area (Å²) in [6.45, 7) is 4.76. The Morgan fingerprint density at radius 3 is 2.62 bits per heavy atom. The third-order valence-corrected chi connectivity index (χ3v) is 5.13. The SMILES string of the molecule is CC(C)CCCNC(=O)N1CCS(=O)(=O)CC1CC(=O)O. The van der Waals surface area contributed by atoms with E-state index in [1.807, 2.05) is 0 Å². The normalized spacial score (nSPS) is 21.3. The molecule has 1 unspecified atom stereocenters. The minimum absolute atomic E-state index is 0.0519. The monoisotopic (exact) mass is 320 g/mol. The zero-order chi connectivity index (χ0) is 16.0. The van der Waals surface area contributed by atoms with Crippen molar-refractivity contribution in [2.45, 2.75) is 39.2 Å². The quantitative estimate of drug-likeness (QED) is 0.701. The highest BCUT2D eigenvalue weighted by Crippen LogP contribution is 2.15. The molecule has 0 spiro atoms. The number of amides is 2. The first-order valence-electron chi connectivity index (χ1n) is 7.18. The van der Waals surface area contributed by atoms with E-state index in [9.17, 15) is 18.0 Å². The molecule has 21 heavy (non-hydrogen) atoms. The Labute approximate surface area is 125 Å². The van der Waals surface area contributed by atoms with Gasteiger partial charge in [-0.15, -0.1) is 0 Å². The minimum atomic E-state index is -3.27. The van der Waals surface area contributed by atoms with Gasteiger partial charge in [0.05, 0.1) is 24.0 Å². The van der Waals surface area contributed by atoms with Crippen LogP contribution in [0.15, 0.2) is 0 Å². The van der Waals surface area contributed by atoms with Gasteiger partial charge in [-0.1, -0.05) is 13.8 Å². The van der Waals surface area contributed by atoms with Gasteiger partial charge in [0, 0.05) is 13.1 Å². The number of urea groups is 1. The van der Waals surface area contributed by atoms with Crippen LogP contribution in [0.4, 0.5) is 4.79 Å². The van der Waals surface area contributed by atoms with Crippen molar-refractivity contribution in [3.63, 3.8) is 0 Å². The maximum Gasteiger partial charge on any atom is 0.317 e. The van der Waals surface area contributed by atoms with Gasteiger partial charge in [0.15, 0.2) is 9.84 Å². The molecule has 1 heterocycles. The molecule has 0 aromatic carbocycles. The minimum Gasteiger partial charge on any atom is -0.481 e. The second-order valence-electron chi connectivity index (χ2n) is 5.83. The molecule has 0 radical (unpaired) electrons. The second kappa shape index (κ2) is 7.63. The molecule has 1 aliphatic rings. The number of hydrogen-bond acceptors (Lipinski definition) is 4. The molecule has 1 saturated heterocycles. The topological polar surface area (TPSA) is 104 Å². The summed E-state index contributed by atoms with van der Waals surface area (Å²) in [5, 5.41) is 11.6. The summed E-state index contributed by atoms with van der Waals surface area (Å²) in [4.78, 5) is 24.2. The summed E-state index contributed by atoms with van der Waals surface area (Å²) in [5.41, 5.74) is 0. The van der Waals surface area contributed by atoms with E-state index in [0.29, 0.717) is 12.5 Å². The maximum atomic E-state index is 12.1. The van der Waals surface area contributed by atoms with Crippen LogP contribution in [0.25, 0.3) is 0 Å². The maximum absolute atomic E-state index is 12.1. The molecule has 0 aromatic heterocycles. The van der Waals surface area contributed by atoms with Gasteiger partial charge < -0.3 is 15.3 Å². The number of nitrogens with one attached hydrogen (secondary N) is 1. The summed E-state index contributed by atoms with van der Waals surface area (Å²) in [6.07, 6.45) is 1.49. The van der Waals surface area contributed by atoms with Crippen LogP contribution in [0, 0.1) is 5.92 Å². The molecule has 2 N–H and O–H groups in total. The average molecular weight is 320 g/mol. The highest BCUT2D eigenvalue weighted by molar-refractivity contribution is 7.91. The molecule has 1 aliphatic heterocycles. The Hall–Kier alpha value is -1.31. The molecule has 1 rings (SSSR count). The number of nitrogens with zero attached hydrogens (tertiary/aromatic N) is 1. The zero-order valence-corrected chi connectivity index (χ0v) is 13.4. The van der Waals surface area contributed by atoms with E-state index >= 15 is 0 Å². The summed E-state index contributed by atoms with van der Waals surface area (Å²) in [6, 6.07) is -1.16. The average Bonchev–Trinajstić information content (AvgIpc) is 2.32. The van der Waals surface area contributed by atoms with Crippen molar-refractivity contribution in [1.29, 1.82) is 0 Å². The Kier molecular flexibility index (Phi) is 6.44. The molecular weight excluding hydrogens is 296 g/mol. The number of carbonyl (C=O) groups is 2. The lowest BCUT2D eigenvalue weighted by molar-refractivity contribution is -0.138. The molecule has 0 aromatic rings. The van der Waals surface area contributed by atoms with Crippen LogP contribution >= 0.6 is 0 Å². The number of rotatable bonds is 6. The highest BCUT2D eigenvalue weighted by Gasteiger charge is 2.35. The van der Waals surface area contributed by atoms with Crippen LogP contribution in [0.1, 0.15) is 33.1 Å². The lowest BCUT2D eigenvalue weighted by Crippen LogP contribution is -2.55. The zero-order valence-electron chi connectivity index (χ0n) is 12.5. The van der Waals surface area contributed by atoms with E-state index in [-0.39, 0.29) is 30.5 Å². The first kappa shape index (κ1) is 17.7. The molecule has 7 nitrogen and oxygen atoms in total. The second-order valence-corrected chi connectivity index (χ2v) is 8.06. The van der Waals surface area contributed by atoms with Gasteiger partial charge in [0.1, 0.15) is 0 Å². The van der Waals surface area contributed by atoms with Crippen LogP contribution in [-0.4, -0.2) is 61.1 Å². The lowest BCUT2D eigenvalue weighted by Gasteiger charge is -2.34.